The average Bonchev–Trinajstić information content (AvgIpc) is 3.37. The van der Waals surface area contributed by atoms with Crippen molar-refractivity contribution in [3.63, 3.8) is 0 Å². The normalized spacial score (nSPS) is 18.9. The topological polar surface area (TPSA) is 102 Å². The van der Waals surface area contributed by atoms with E-state index in [1.54, 1.807) is 23.1 Å². The second-order valence-corrected chi connectivity index (χ2v) is 9.33. The van der Waals surface area contributed by atoms with E-state index < -0.39 is 10.9 Å². The number of carbonyl (C=O) groups excluding carboxylic acids is 1. The molecule has 3 aromatic carbocycles. The molecule has 1 amide bonds. The molecule has 2 saturated heterocycles. The first-order valence-electron chi connectivity index (χ1n) is 12.2. The highest BCUT2D eigenvalue weighted by Crippen LogP contribution is 2.34. The number of nitrogens with zero attached hydrogens (tertiary/aromatic N) is 2. The van der Waals surface area contributed by atoms with Gasteiger partial charge < -0.3 is 20.6 Å². The first-order valence-corrected chi connectivity index (χ1v) is 12.2. The van der Waals surface area contributed by atoms with Crippen LogP contribution in [0.3, 0.4) is 0 Å². The highest BCUT2D eigenvalue weighted by Gasteiger charge is 2.34. The van der Waals surface area contributed by atoms with Crippen LogP contribution < -0.4 is 21.5 Å². The fourth-order valence-electron chi connectivity index (χ4n) is 5.23. The van der Waals surface area contributed by atoms with E-state index in [9.17, 15) is 19.5 Å². The molecule has 8 nitrogen and oxygen atoms in total. The minimum atomic E-state index is -0.649. The Bertz CT molecular complexity index is 1300. The molecule has 2 heterocycles. The van der Waals surface area contributed by atoms with Gasteiger partial charge in [-0.05, 0) is 43.5 Å². The third-order valence-corrected chi connectivity index (χ3v) is 7.24. The average molecular weight is 475 g/mol. The lowest BCUT2D eigenvalue weighted by Gasteiger charge is -2.37. The fourth-order valence-corrected chi connectivity index (χ4v) is 5.23. The van der Waals surface area contributed by atoms with Crippen LogP contribution in [0.5, 0.6) is 5.75 Å². The van der Waals surface area contributed by atoms with E-state index in [1.165, 1.54) is 0 Å². The number of amides is 1. The van der Waals surface area contributed by atoms with Gasteiger partial charge in [-0.3, -0.25) is 19.3 Å². The van der Waals surface area contributed by atoms with Crippen LogP contribution in [0.4, 0.5) is 17.1 Å². The summed E-state index contributed by atoms with van der Waals surface area (Å²) >= 11 is 0. The Kier molecular flexibility index (Phi) is 6.30. The SMILES string of the molecule is CC[C@@H](Nc1c(Nc2cccc(C(=O)N3CCN4CCC[C@H]4C3)c2O)c(=O)c1=O)c1ccccc1. The lowest BCUT2D eigenvalue weighted by Crippen LogP contribution is -2.52. The van der Waals surface area contributed by atoms with Gasteiger partial charge in [0.1, 0.15) is 11.4 Å². The number of carbonyl (C=O) groups is 1. The molecule has 2 fully saturated rings. The van der Waals surface area contributed by atoms with E-state index in [4.69, 9.17) is 0 Å². The molecule has 0 aromatic heterocycles. The Morgan fingerprint density at radius 3 is 2.57 bits per heavy atom. The summed E-state index contributed by atoms with van der Waals surface area (Å²) in [5, 5.41) is 17.0. The van der Waals surface area contributed by atoms with E-state index in [0.717, 1.165) is 31.5 Å². The van der Waals surface area contributed by atoms with Crippen molar-refractivity contribution in [2.24, 2.45) is 0 Å². The standard InChI is InChI=1S/C27H30N4O4/c1-2-20(17-8-4-3-5-9-17)28-22-23(26(34)25(22)33)29-21-12-6-11-19(24(21)32)27(35)31-15-14-30-13-7-10-18(30)16-31/h3-6,8-9,11-12,18,20,28-29,32H,2,7,10,13-16H2,1H3/t18-,20+/m0/s1. The molecular formula is C27H30N4O4. The number of para-hydroxylation sites is 1. The van der Waals surface area contributed by atoms with Gasteiger partial charge in [0.15, 0.2) is 5.75 Å². The van der Waals surface area contributed by atoms with Crippen molar-refractivity contribution in [1.82, 2.24) is 9.80 Å². The quantitative estimate of drug-likeness (QED) is 0.357. The highest BCUT2D eigenvalue weighted by atomic mass is 16.3. The molecule has 8 heteroatoms. The van der Waals surface area contributed by atoms with Crippen LogP contribution in [0.25, 0.3) is 0 Å². The van der Waals surface area contributed by atoms with E-state index in [2.05, 4.69) is 15.5 Å². The molecule has 5 rings (SSSR count). The van der Waals surface area contributed by atoms with Gasteiger partial charge in [-0.25, -0.2) is 0 Å². The minimum Gasteiger partial charge on any atom is -0.505 e. The maximum absolute atomic E-state index is 13.2. The molecular weight excluding hydrogens is 444 g/mol. The van der Waals surface area contributed by atoms with E-state index in [-0.39, 0.29) is 40.3 Å². The van der Waals surface area contributed by atoms with Crippen molar-refractivity contribution < 1.29 is 9.90 Å². The minimum absolute atomic E-state index is 0.101. The summed E-state index contributed by atoms with van der Waals surface area (Å²) < 4.78 is 0. The lowest BCUT2D eigenvalue weighted by atomic mass is 10.0. The van der Waals surface area contributed by atoms with Gasteiger partial charge in [-0.1, -0.05) is 43.3 Å². The zero-order valence-corrected chi connectivity index (χ0v) is 19.8. The van der Waals surface area contributed by atoms with Crippen molar-refractivity contribution in [2.75, 3.05) is 36.8 Å². The summed E-state index contributed by atoms with van der Waals surface area (Å²) in [6, 6.07) is 14.8. The second-order valence-electron chi connectivity index (χ2n) is 9.33. The van der Waals surface area contributed by atoms with E-state index in [0.29, 0.717) is 25.6 Å². The number of phenolic OH excluding ortho intramolecular Hbond substituents is 1. The highest BCUT2D eigenvalue weighted by molar-refractivity contribution is 5.99. The van der Waals surface area contributed by atoms with Crippen molar-refractivity contribution in [3.05, 3.63) is 80.1 Å². The van der Waals surface area contributed by atoms with Crippen LogP contribution >= 0.6 is 0 Å². The first kappa shape index (κ1) is 23.1. The molecule has 0 bridgehead atoms. The van der Waals surface area contributed by atoms with Crippen LogP contribution in [0.15, 0.2) is 58.1 Å². The third kappa shape index (κ3) is 4.30. The molecule has 182 valence electrons. The summed E-state index contributed by atoms with van der Waals surface area (Å²) in [6.45, 7) is 5.19. The van der Waals surface area contributed by atoms with Gasteiger partial charge in [0.2, 0.25) is 0 Å². The molecule has 2 atom stereocenters. The predicted octanol–water partition coefficient (Wildman–Crippen LogP) is 3.22. The summed E-state index contributed by atoms with van der Waals surface area (Å²) in [5.41, 5.74) is 0.463. The van der Waals surface area contributed by atoms with Crippen LogP contribution in [-0.2, 0) is 0 Å². The summed E-state index contributed by atoms with van der Waals surface area (Å²) in [7, 11) is 0. The third-order valence-electron chi connectivity index (χ3n) is 7.24. The number of phenols is 1. The fraction of sp³-hybridized carbons (Fsp3) is 0.370. The smallest absolute Gasteiger partial charge is 0.257 e. The van der Waals surface area contributed by atoms with Gasteiger partial charge in [0, 0.05) is 25.7 Å². The van der Waals surface area contributed by atoms with Gasteiger partial charge in [0.25, 0.3) is 16.8 Å². The summed E-state index contributed by atoms with van der Waals surface area (Å²) in [4.78, 5) is 42.2. The van der Waals surface area contributed by atoms with Crippen molar-refractivity contribution in [1.29, 1.82) is 0 Å². The maximum atomic E-state index is 13.2. The molecule has 0 saturated carbocycles. The van der Waals surface area contributed by atoms with Gasteiger partial charge in [-0.15, -0.1) is 0 Å². The predicted molar refractivity (Wildman–Crippen MR) is 136 cm³/mol. The zero-order chi connectivity index (χ0) is 24.5. The first-order chi connectivity index (χ1) is 17.0. The maximum Gasteiger partial charge on any atom is 0.257 e. The van der Waals surface area contributed by atoms with E-state index >= 15 is 0 Å². The number of aromatic hydroxyl groups is 1. The number of nitrogens with one attached hydrogen (secondary N) is 2. The number of benzene rings is 2. The number of anilines is 3. The Labute approximate surface area is 203 Å². The van der Waals surface area contributed by atoms with Crippen LogP contribution in [0, 0.1) is 0 Å². The van der Waals surface area contributed by atoms with Crippen molar-refractivity contribution >= 4 is 23.0 Å². The van der Waals surface area contributed by atoms with Crippen LogP contribution in [0.2, 0.25) is 0 Å². The van der Waals surface area contributed by atoms with Gasteiger partial charge in [0.05, 0.1) is 17.3 Å². The molecule has 0 spiro atoms. The Balaban J connectivity index is 1.36. The molecule has 35 heavy (non-hydrogen) atoms. The number of rotatable bonds is 7. The van der Waals surface area contributed by atoms with Gasteiger partial charge >= 0.3 is 0 Å². The Morgan fingerprint density at radius 1 is 1.03 bits per heavy atom. The molecule has 0 unspecified atom stereocenters. The largest absolute Gasteiger partial charge is 0.505 e. The molecule has 0 radical (unpaired) electrons. The molecule has 3 aromatic rings. The molecule has 0 aliphatic carbocycles. The summed E-state index contributed by atoms with van der Waals surface area (Å²) in [6.07, 6.45) is 2.95. The zero-order valence-electron chi connectivity index (χ0n) is 19.8. The van der Waals surface area contributed by atoms with Crippen LogP contribution in [-0.4, -0.2) is 53.0 Å². The monoisotopic (exact) mass is 474 g/mol. The van der Waals surface area contributed by atoms with Crippen molar-refractivity contribution in [2.45, 2.75) is 38.3 Å². The van der Waals surface area contributed by atoms with E-state index in [1.807, 2.05) is 37.3 Å². The molecule has 2 aliphatic rings. The van der Waals surface area contributed by atoms with Crippen LogP contribution in [0.1, 0.15) is 48.1 Å². The summed E-state index contributed by atoms with van der Waals surface area (Å²) in [5.74, 6) is -0.448. The number of fused-ring (bicyclic) bond motifs is 1. The second kappa shape index (κ2) is 9.54. The Hall–Kier alpha value is -3.65. The van der Waals surface area contributed by atoms with Crippen molar-refractivity contribution in [3.8, 4) is 5.75 Å². The lowest BCUT2D eigenvalue weighted by molar-refractivity contribution is 0.0568. The number of hydrogen-bond acceptors (Lipinski definition) is 7. The number of hydrogen-bond donors (Lipinski definition) is 3. The van der Waals surface area contributed by atoms with Gasteiger partial charge in [-0.2, -0.15) is 0 Å². The molecule has 2 aliphatic heterocycles. The number of piperazine rings is 1. The Morgan fingerprint density at radius 2 is 1.80 bits per heavy atom. The molecule has 3 N–H and O–H groups in total.